The van der Waals surface area contributed by atoms with Gasteiger partial charge in [0, 0.05) is 36.1 Å². The molecule has 0 bridgehead atoms. The van der Waals surface area contributed by atoms with Crippen molar-refractivity contribution in [2.24, 2.45) is 0 Å². The van der Waals surface area contributed by atoms with Gasteiger partial charge in [-0.15, -0.1) is 10.2 Å². The van der Waals surface area contributed by atoms with Crippen molar-refractivity contribution in [1.29, 1.82) is 0 Å². The quantitative estimate of drug-likeness (QED) is 0.561. The summed E-state index contributed by atoms with van der Waals surface area (Å²) >= 11 is 6.23. The zero-order chi connectivity index (χ0) is 20.0. The zero-order valence-electron chi connectivity index (χ0n) is 15.8. The van der Waals surface area contributed by atoms with Crippen molar-refractivity contribution < 1.29 is 4.79 Å². The van der Waals surface area contributed by atoms with Gasteiger partial charge in [-0.1, -0.05) is 23.7 Å². The molecule has 0 radical (unpaired) electrons. The van der Waals surface area contributed by atoms with Crippen molar-refractivity contribution in [3.8, 4) is 0 Å². The highest BCUT2D eigenvalue weighted by molar-refractivity contribution is 6.31. The number of rotatable bonds is 3. The minimum Gasteiger partial charge on any atom is -0.356 e. The fraction of sp³-hybridized carbons (Fsp3) is 0.238. The second-order valence-corrected chi connectivity index (χ2v) is 7.73. The molecular formula is C21H19ClN6O. The lowest BCUT2D eigenvalue weighted by molar-refractivity contribution is -0.122. The number of nitrogens with zero attached hydrogens (tertiary/aromatic N) is 5. The molecule has 29 heavy (non-hydrogen) atoms. The SMILES string of the molecule is CN(c1cccc(C2CCNC(=O)C2)c1)c1nc2nncn2c2cc(Cl)ccc12. The molecule has 0 saturated carbocycles. The van der Waals surface area contributed by atoms with E-state index in [0.29, 0.717) is 17.2 Å². The van der Waals surface area contributed by atoms with Crippen LogP contribution in [-0.4, -0.2) is 39.1 Å². The molecule has 1 fully saturated rings. The number of carbonyl (C=O) groups excluding carboxylic acids is 1. The summed E-state index contributed by atoms with van der Waals surface area (Å²) in [4.78, 5) is 18.6. The van der Waals surface area contributed by atoms with Crippen molar-refractivity contribution in [1.82, 2.24) is 24.9 Å². The third kappa shape index (κ3) is 3.17. The molecule has 8 heteroatoms. The van der Waals surface area contributed by atoms with Gasteiger partial charge >= 0.3 is 0 Å². The maximum absolute atomic E-state index is 11.8. The molecule has 1 saturated heterocycles. The number of nitrogens with one attached hydrogen (secondary N) is 1. The van der Waals surface area contributed by atoms with Gasteiger partial charge in [-0.2, -0.15) is 4.98 Å². The fourth-order valence-electron chi connectivity index (χ4n) is 3.96. The molecule has 7 nitrogen and oxygen atoms in total. The molecule has 1 N–H and O–H groups in total. The second kappa shape index (κ2) is 7.00. The first kappa shape index (κ1) is 17.9. The smallest absolute Gasteiger partial charge is 0.257 e. The first-order valence-corrected chi connectivity index (χ1v) is 9.87. The summed E-state index contributed by atoms with van der Waals surface area (Å²) in [6.45, 7) is 0.722. The Morgan fingerprint density at radius 2 is 2.14 bits per heavy atom. The Balaban J connectivity index is 1.60. The number of fused-ring (bicyclic) bond motifs is 3. The summed E-state index contributed by atoms with van der Waals surface area (Å²) in [5.74, 6) is 1.64. The van der Waals surface area contributed by atoms with Gasteiger partial charge in [0.1, 0.15) is 12.1 Å². The number of benzene rings is 2. The third-order valence-electron chi connectivity index (χ3n) is 5.49. The summed E-state index contributed by atoms with van der Waals surface area (Å²) in [5.41, 5.74) is 3.07. The van der Waals surface area contributed by atoms with Crippen LogP contribution in [0.15, 0.2) is 48.8 Å². The molecule has 5 rings (SSSR count). The van der Waals surface area contributed by atoms with Crippen LogP contribution >= 0.6 is 11.6 Å². The first-order valence-electron chi connectivity index (χ1n) is 9.49. The van der Waals surface area contributed by atoms with Gasteiger partial charge in [-0.05, 0) is 48.2 Å². The van der Waals surface area contributed by atoms with Gasteiger partial charge in [0.05, 0.1) is 5.52 Å². The Bertz CT molecular complexity index is 1240. The Labute approximate surface area is 172 Å². The van der Waals surface area contributed by atoms with E-state index in [-0.39, 0.29) is 11.8 Å². The topological polar surface area (TPSA) is 75.4 Å². The highest BCUT2D eigenvalue weighted by Gasteiger charge is 2.22. The molecule has 1 aliphatic rings. The van der Waals surface area contributed by atoms with E-state index in [2.05, 4.69) is 27.6 Å². The average molecular weight is 407 g/mol. The molecule has 0 aliphatic carbocycles. The number of carbonyl (C=O) groups is 1. The molecule has 1 unspecified atom stereocenters. The molecule has 2 aromatic carbocycles. The Morgan fingerprint density at radius 3 is 3.00 bits per heavy atom. The van der Waals surface area contributed by atoms with E-state index in [1.807, 2.05) is 46.7 Å². The second-order valence-electron chi connectivity index (χ2n) is 7.29. The van der Waals surface area contributed by atoms with E-state index in [1.54, 1.807) is 6.33 Å². The van der Waals surface area contributed by atoms with E-state index < -0.39 is 0 Å². The van der Waals surface area contributed by atoms with E-state index in [0.717, 1.165) is 35.4 Å². The summed E-state index contributed by atoms with van der Waals surface area (Å²) in [6, 6.07) is 14.0. The van der Waals surface area contributed by atoms with Gasteiger partial charge in [-0.3, -0.25) is 9.20 Å². The number of aromatic nitrogens is 4. The Morgan fingerprint density at radius 1 is 1.24 bits per heavy atom. The summed E-state index contributed by atoms with van der Waals surface area (Å²) < 4.78 is 1.83. The first-order chi connectivity index (χ1) is 14.1. The summed E-state index contributed by atoms with van der Waals surface area (Å²) in [6.07, 6.45) is 3.11. The van der Waals surface area contributed by atoms with Gasteiger partial charge in [0.15, 0.2) is 0 Å². The molecular weight excluding hydrogens is 388 g/mol. The predicted molar refractivity (Wildman–Crippen MR) is 113 cm³/mol. The maximum Gasteiger partial charge on any atom is 0.257 e. The third-order valence-corrected chi connectivity index (χ3v) is 5.72. The van der Waals surface area contributed by atoms with Crippen LogP contribution in [0.2, 0.25) is 5.02 Å². The van der Waals surface area contributed by atoms with Crippen molar-refractivity contribution in [2.75, 3.05) is 18.5 Å². The number of hydrogen-bond donors (Lipinski definition) is 1. The van der Waals surface area contributed by atoms with Gasteiger partial charge in [0.25, 0.3) is 5.78 Å². The fourth-order valence-corrected chi connectivity index (χ4v) is 4.12. The number of hydrogen-bond acceptors (Lipinski definition) is 5. The normalized spacial score (nSPS) is 16.9. The monoisotopic (exact) mass is 406 g/mol. The zero-order valence-corrected chi connectivity index (χ0v) is 16.6. The molecule has 4 aromatic rings. The van der Waals surface area contributed by atoms with E-state index in [1.165, 1.54) is 5.56 Å². The number of piperidine rings is 1. The molecule has 1 amide bonds. The maximum atomic E-state index is 11.8. The molecule has 2 aromatic heterocycles. The van der Waals surface area contributed by atoms with Crippen LogP contribution in [0.1, 0.15) is 24.3 Å². The van der Waals surface area contributed by atoms with Crippen LogP contribution in [-0.2, 0) is 4.79 Å². The number of anilines is 2. The van der Waals surface area contributed by atoms with E-state index in [4.69, 9.17) is 16.6 Å². The molecule has 1 aliphatic heterocycles. The average Bonchev–Trinajstić information content (AvgIpc) is 3.22. The standard InChI is InChI=1S/C21H19ClN6O/c1-27(16-4-2-3-13(9-16)14-7-8-23-19(29)10-14)20-17-6-5-15(22)11-18(17)28-12-24-26-21(28)25-20/h2-6,9,11-12,14H,7-8,10H2,1H3,(H,23,29). The van der Waals surface area contributed by atoms with Crippen LogP contribution in [0, 0.1) is 0 Å². The summed E-state index contributed by atoms with van der Waals surface area (Å²) in [5, 5.41) is 12.6. The molecule has 0 spiro atoms. The lowest BCUT2D eigenvalue weighted by Crippen LogP contribution is -2.32. The summed E-state index contributed by atoms with van der Waals surface area (Å²) in [7, 11) is 1.98. The van der Waals surface area contributed by atoms with Crippen molar-refractivity contribution in [3.05, 3.63) is 59.4 Å². The van der Waals surface area contributed by atoms with Crippen LogP contribution < -0.4 is 10.2 Å². The van der Waals surface area contributed by atoms with Crippen LogP contribution in [0.4, 0.5) is 11.5 Å². The van der Waals surface area contributed by atoms with E-state index in [9.17, 15) is 4.79 Å². The molecule has 1 atom stereocenters. The minimum absolute atomic E-state index is 0.113. The lowest BCUT2D eigenvalue weighted by atomic mass is 9.89. The highest BCUT2D eigenvalue weighted by Crippen LogP contribution is 2.34. The van der Waals surface area contributed by atoms with Gasteiger partial charge in [-0.25, -0.2) is 0 Å². The lowest BCUT2D eigenvalue weighted by Gasteiger charge is -2.25. The van der Waals surface area contributed by atoms with Crippen LogP contribution in [0.3, 0.4) is 0 Å². The largest absolute Gasteiger partial charge is 0.356 e. The Hall–Kier alpha value is -3.19. The predicted octanol–water partition coefficient (Wildman–Crippen LogP) is 3.69. The van der Waals surface area contributed by atoms with Crippen molar-refractivity contribution in [3.63, 3.8) is 0 Å². The number of halogens is 1. The Kier molecular flexibility index (Phi) is 4.32. The minimum atomic E-state index is 0.113. The number of amides is 1. The van der Waals surface area contributed by atoms with E-state index >= 15 is 0 Å². The van der Waals surface area contributed by atoms with Crippen molar-refractivity contribution >= 4 is 45.7 Å². The van der Waals surface area contributed by atoms with Gasteiger partial charge < -0.3 is 10.2 Å². The van der Waals surface area contributed by atoms with Gasteiger partial charge in [0.2, 0.25) is 5.91 Å². The van der Waals surface area contributed by atoms with Crippen LogP contribution in [0.5, 0.6) is 0 Å². The molecule has 146 valence electrons. The molecule has 3 heterocycles. The van der Waals surface area contributed by atoms with Crippen LogP contribution in [0.25, 0.3) is 16.7 Å². The van der Waals surface area contributed by atoms with Crippen molar-refractivity contribution in [2.45, 2.75) is 18.8 Å². The highest BCUT2D eigenvalue weighted by atomic mass is 35.5.